The van der Waals surface area contributed by atoms with Gasteiger partial charge in [-0.2, -0.15) is 0 Å². The van der Waals surface area contributed by atoms with Crippen molar-refractivity contribution in [3.63, 3.8) is 0 Å². The zero-order valence-corrected chi connectivity index (χ0v) is 13.7. The average Bonchev–Trinajstić information content (AvgIpc) is 2.86. The van der Waals surface area contributed by atoms with Crippen LogP contribution in [0.2, 0.25) is 0 Å². The van der Waals surface area contributed by atoms with Crippen LogP contribution in [0.5, 0.6) is 5.75 Å². The van der Waals surface area contributed by atoms with E-state index in [0.29, 0.717) is 12.3 Å². The molecule has 2 saturated heterocycles. The molecule has 22 heavy (non-hydrogen) atoms. The Kier molecular flexibility index (Phi) is 4.39. The lowest BCUT2D eigenvalue weighted by Crippen LogP contribution is -2.52. The average molecular weight is 302 g/mol. The van der Waals surface area contributed by atoms with Gasteiger partial charge in [0.05, 0.1) is 7.11 Å². The third kappa shape index (κ3) is 2.84. The lowest BCUT2D eigenvalue weighted by molar-refractivity contribution is -0.133. The maximum Gasteiger partial charge on any atom is 0.223 e. The minimum Gasteiger partial charge on any atom is -0.497 e. The molecule has 4 nitrogen and oxygen atoms in total. The summed E-state index contributed by atoms with van der Waals surface area (Å²) in [5.74, 6) is 1.18. The second-order valence-corrected chi connectivity index (χ2v) is 6.49. The van der Waals surface area contributed by atoms with Gasteiger partial charge in [-0.15, -0.1) is 0 Å². The van der Waals surface area contributed by atoms with Crippen molar-refractivity contribution in [2.45, 2.75) is 44.7 Å². The minimum absolute atomic E-state index is 0.0999. The van der Waals surface area contributed by atoms with Crippen molar-refractivity contribution in [1.29, 1.82) is 0 Å². The minimum atomic E-state index is 0.0999. The van der Waals surface area contributed by atoms with E-state index in [0.717, 1.165) is 51.2 Å². The van der Waals surface area contributed by atoms with E-state index in [1.807, 2.05) is 12.1 Å². The molecule has 0 unspecified atom stereocenters. The van der Waals surface area contributed by atoms with Crippen LogP contribution in [0, 0.1) is 0 Å². The van der Waals surface area contributed by atoms with Crippen LogP contribution in [0.4, 0.5) is 0 Å². The van der Waals surface area contributed by atoms with Gasteiger partial charge in [0.25, 0.3) is 0 Å². The number of benzene rings is 1. The summed E-state index contributed by atoms with van der Waals surface area (Å²) < 4.78 is 5.21. The molecule has 1 aromatic carbocycles. The van der Waals surface area contributed by atoms with Gasteiger partial charge in [0, 0.05) is 31.6 Å². The van der Waals surface area contributed by atoms with Gasteiger partial charge in [-0.1, -0.05) is 19.1 Å². The molecule has 120 valence electrons. The molecular formula is C18H26N2O2. The van der Waals surface area contributed by atoms with Crippen LogP contribution < -0.4 is 4.74 Å². The second-order valence-electron chi connectivity index (χ2n) is 6.49. The van der Waals surface area contributed by atoms with Gasteiger partial charge in [-0.05, 0) is 43.5 Å². The smallest absolute Gasteiger partial charge is 0.223 e. The van der Waals surface area contributed by atoms with E-state index in [-0.39, 0.29) is 5.54 Å². The molecule has 1 spiro atoms. The monoisotopic (exact) mass is 302 g/mol. The third-order valence-corrected chi connectivity index (χ3v) is 5.41. The highest BCUT2D eigenvalue weighted by atomic mass is 16.5. The highest BCUT2D eigenvalue weighted by molar-refractivity contribution is 5.79. The maximum absolute atomic E-state index is 12.4. The Morgan fingerprint density at radius 3 is 2.41 bits per heavy atom. The van der Waals surface area contributed by atoms with Crippen LogP contribution >= 0.6 is 0 Å². The molecule has 3 rings (SSSR count). The first-order valence-electron chi connectivity index (χ1n) is 8.32. The van der Waals surface area contributed by atoms with Crippen LogP contribution in [0.1, 0.15) is 38.2 Å². The van der Waals surface area contributed by atoms with Crippen molar-refractivity contribution in [1.82, 2.24) is 9.80 Å². The predicted molar refractivity (Wildman–Crippen MR) is 86.9 cm³/mol. The molecule has 0 N–H and O–H groups in total. The summed E-state index contributed by atoms with van der Waals surface area (Å²) in [6, 6.07) is 8.09. The predicted octanol–water partition coefficient (Wildman–Crippen LogP) is 2.67. The first-order chi connectivity index (χ1) is 10.7. The Bertz CT molecular complexity index is 518. The number of carbonyl (C=O) groups is 1. The number of hydrogen-bond acceptors (Lipinski definition) is 3. The van der Waals surface area contributed by atoms with Crippen molar-refractivity contribution in [2.75, 3.05) is 26.7 Å². The van der Waals surface area contributed by atoms with Gasteiger partial charge in [0.15, 0.2) is 0 Å². The molecule has 1 aromatic rings. The van der Waals surface area contributed by atoms with Crippen molar-refractivity contribution in [3.8, 4) is 5.75 Å². The first-order valence-corrected chi connectivity index (χ1v) is 8.32. The summed E-state index contributed by atoms with van der Waals surface area (Å²) in [6.07, 6.45) is 3.97. The van der Waals surface area contributed by atoms with E-state index in [9.17, 15) is 4.79 Å². The van der Waals surface area contributed by atoms with Crippen molar-refractivity contribution in [3.05, 3.63) is 29.8 Å². The molecule has 0 aliphatic carbocycles. The Morgan fingerprint density at radius 1 is 1.14 bits per heavy atom. The van der Waals surface area contributed by atoms with Crippen molar-refractivity contribution in [2.24, 2.45) is 0 Å². The number of rotatable bonds is 4. The standard InChI is InChI=1S/C18H26N2O2/c1-3-19-12-10-18(11-13-19)9-8-17(21)20(18)14-15-4-6-16(22-2)7-5-15/h4-7H,3,8-14H2,1-2H3. The zero-order valence-electron chi connectivity index (χ0n) is 13.7. The summed E-state index contributed by atoms with van der Waals surface area (Å²) >= 11 is 0. The number of nitrogens with zero attached hydrogens (tertiary/aromatic N) is 2. The van der Waals surface area contributed by atoms with Crippen molar-refractivity contribution < 1.29 is 9.53 Å². The quantitative estimate of drug-likeness (QED) is 0.857. The first kappa shape index (κ1) is 15.3. The number of methoxy groups -OCH3 is 1. The van der Waals surface area contributed by atoms with Gasteiger partial charge in [0.2, 0.25) is 5.91 Å². The molecule has 0 aromatic heterocycles. The highest BCUT2D eigenvalue weighted by Gasteiger charge is 2.46. The van der Waals surface area contributed by atoms with Crippen LogP contribution in [-0.2, 0) is 11.3 Å². The Balaban J connectivity index is 1.73. The number of piperidine rings is 1. The summed E-state index contributed by atoms with van der Waals surface area (Å²) in [7, 11) is 1.68. The van der Waals surface area contributed by atoms with Gasteiger partial charge >= 0.3 is 0 Å². The summed E-state index contributed by atoms with van der Waals surface area (Å²) in [6.45, 7) is 6.29. The van der Waals surface area contributed by atoms with Gasteiger partial charge in [0.1, 0.15) is 5.75 Å². The van der Waals surface area contributed by atoms with E-state index < -0.39 is 0 Å². The zero-order chi connectivity index (χ0) is 15.6. The van der Waals surface area contributed by atoms with E-state index in [1.165, 1.54) is 5.56 Å². The Morgan fingerprint density at radius 2 is 1.82 bits per heavy atom. The summed E-state index contributed by atoms with van der Waals surface area (Å²) in [4.78, 5) is 17.1. The fourth-order valence-electron chi connectivity index (χ4n) is 3.85. The fraction of sp³-hybridized carbons (Fsp3) is 0.611. The molecule has 0 radical (unpaired) electrons. The molecule has 4 heteroatoms. The van der Waals surface area contributed by atoms with Crippen LogP contribution in [0.25, 0.3) is 0 Å². The van der Waals surface area contributed by atoms with Gasteiger partial charge in [-0.25, -0.2) is 0 Å². The van der Waals surface area contributed by atoms with Gasteiger partial charge in [-0.3, -0.25) is 4.79 Å². The third-order valence-electron chi connectivity index (χ3n) is 5.41. The lowest BCUT2D eigenvalue weighted by Gasteiger charge is -2.45. The van der Waals surface area contributed by atoms with Crippen LogP contribution in [0.3, 0.4) is 0 Å². The summed E-state index contributed by atoms with van der Waals surface area (Å²) in [5, 5.41) is 0. The number of hydrogen-bond donors (Lipinski definition) is 0. The normalized spacial score (nSPS) is 21.5. The van der Waals surface area contributed by atoms with E-state index in [2.05, 4.69) is 28.9 Å². The molecule has 2 fully saturated rings. The molecule has 0 bridgehead atoms. The number of carbonyl (C=O) groups excluding carboxylic acids is 1. The lowest BCUT2D eigenvalue weighted by atomic mass is 9.84. The van der Waals surface area contributed by atoms with Crippen molar-refractivity contribution >= 4 is 5.91 Å². The molecule has 0 saturated carbocycles. The van der Waals surface area contributed by atoms with E-state index >= 15 is 0 Å². The van der Waals surface area contributed by atoms with Crippen LogP contribution in [0.15, 0.2) is 24.3 Å². The topological polar surface area (TPSA) is 32.8 Å². The maximum atomic E-state index is 12.4. The molecule has 2 aliphatic rings. The fourth-order valence-corrected chi connectivity index (χ4v) is 3.85. The SMILES string of the molecule is CCN1CCC2(CCC(=O)N2Cc2ccc(OC)cc2)CC1. The Labute approximate surface area is 133 Å². The Hall–Kier alpha value is -1.55. The molecule has 1 amide bonds. The largest absolute Gasteiger partial charge is 0.497 e. The van der Waals surface area contributed by atoms with Gasteiger partial charge < -0.3 is 14.5 Å². The molecule has 2 aliphatic heterocycles. The number of likely N-dealkylation sites (tertiary alicyclic amines) is 2. The van der Waals surface area contributed by atoms with E-state index in [1.54, 1.807) is 7.11 Å². The highest BCUT2D eigenvalue weighted by Crippen LogP contribution is 2.40. The second kappa shape index (κ2) is 6.29. The van der Waals surface area contributed by atoms with Crippen LogP contribution in [-0.4, -0.2) is 48.0 Å². The van der Waals surface area contributed by atoms with E-state index in [4.69, 9.17) is 4.74 Å². The molecule has 2 heterocycles. The summed E-state index contributed by atoms with van der Waals surface area (Å²) in [5.41, 5.74) is 1.29. The number of amides is 1. The molecule has 0 atom stereocenters. The number of ether oxygens (including phenoxy) is 1. The molecular weight excluding hydrogens is 276 g/mol.